The van der Waals surface area contributed by atoms with Gasteiger partial charge in [0.25, 0.3) is 0 Å². The van der Waals surface area contributed by atoms with Crippen LogP contribution in [0.1, 0.15) is 38.2 Å². The van der Waals surface area contributed by atoms with E-state index in [0.717, 1.165) is 33.7 Å². The Morgan fingerprint density at radius 3 is 2.63 bits per heavy atom. The maximum absolute atomic E-state index is 10.3. The van der Waals surface area contributed by atoms with Gasteiger partial charge in [-0.1, -0.05) is 20.3 Å². The number of halogens is 1. The van der Waals surface area contributed by atoms with Gasteiger partial charge in [-0.15, -0.1) is 0 Å². The number of aliphatic hydroxyl groups excluding tert-OH is 1. The molecule has 4 nitrogen and oxygen atoms in total. The molecule has 2 rings (SSSR count). The second kappa shape index (κ2) is 5.91. The Labute approximate surface area is 128 Å². The first-order chi connectivity index (χ1) is 8.93. The molecule has 106 valence electrons. The molecule has 0 aromatic carbocycles. The van der Waals surface area contributed by atoms with E-state index in [1.807, 2.05) is 13.8 Å². The monoisotopic (exact) mass is 375 g/mol. The van der Waals surface area contributed by atoms with Crippen molar-refractivity contribution >= 4 is 28.4 Å². The van der Waals surface area contributed by atoms with Gasteiger partial charge in [-0.2, -0.15) is 0 Å². The van der Waals surface area contributed by atoms with Crippen LogP contribution in [0, 0.1) is 29.3 Å². The van der Waals surface area contributed by atoms with Crippen LogP contribution in [0.5, 0.6) is 0 Å². The lowest BCUT2D eigenvalue weighted by atomic mass is 9.95. The number of rotatable bonds is 3. The van der Waals surface area contributed by atoms with Crippen LogP contribution in [0.25, 0.3) is 0 Å². The number of hydrogen-bond acceptors (Lipinski definition) is 4. The van der Waals surface area contributed by atoms with Crippen LogP contribution < -0.4 is 5.32 Å². The van der Waals surface area contributed by atoms with Gasteiger partial charge >= 0.3 is 0 Å². The summed E-state index contributed by atoms with van der Waals surface area (Å²) in [4.78, 5) is 8.82. The number of nitrogens with one attached hydrogen (secondary N) is 1. The first-order valence-electron chi connectivity index (χ1n) is 6.89. The Morgan fingerprint density at radius 1 is 1.37 bits per heavy atom. The highest BCUT2D eigenvalue weighted by molar-refractivity contribution is 14.1. The molecule has 1 aromatic rings. The zero-order chi connectivity index (χ0) is 14.2. The van der Waals surface area contributed by atoms with Crippen molar-refractivity contribution in [2.75, 3.05) is 5.32 Å². The Morgan fingerprint density at radius 2 is 2.05 bits per heavy atom. The predicted octanol–water partition coefficient (Wildman–Crippen LogP) is 2.91. The van der Waals surface area contributed by atoms with E-state index in [4.69, 9.17) is 0 Å². The summed E-state index contributed by atoms with van der Waals surface area (Å²) in [7, 11) is 0. The van der Waals surface area contributed by atoms with Crippen LogP contribution in [-0.2, 0) is 0 Å². The van der Waals surface area contributed by atoms with Gasteiger partial charge in [0.05, 0.1) is 21.4 Å². The first-order valence-corrected chi connectivity index (χ1v) is 7.97. The van der Waals surface area contributed by atoms with E-state index in [9.17, 15) is 5.11 Å². The van der Waals surface area contributed by atoms with Crippen molar-refractivity contribution < 1.29 is 5.11 Å². The third-order valence-corrected chi connectivity index (χ3v) is 5.52. The molecule has 1 aromatic heterocycles. The minimum absolute atomic E-state index is 0.0992. The molecule has 5 heteroatoms. The number of nitrogens with zero attached hydrogens (tertiary/aromatic N) is 2. The molecule has 0 aliphatic heterocycles. The van der Waals surface area contributed by atoms with Gasteiger partial charge in [0.15, 0.2) is 0 Å². The van der Waals surface area contributed by atoms with Gasteiger partial charge in [0.1, 0.15) is 11.6 Å². The molecule has 1 heterocycles. The van der Waals surface area contributed by atoms with Crippen molar-refractivity contribution in [3.05, 3.63) is 15.1 Å². The molecule has 0 amide bonds. The van der Waals surface area contributed by atoms with E-state index in [2.05, 4.69) is 51.7 Å². The van der Waals surface area contributed by atoms with E-state index in [1.165, 1.54) is 0 Å². The summed E-state index contributed by atoms with van der Waals surface area (Å²) in [5.74, 6) is 2.57. The van der Waals surface area contributed by atoms with E-state index in [0.29, 0.717) is 11.8 Å². The SMILES string of the molecule is CCC1C[C@@H](Nc2nc(C)nc(C)c2I)[C@H](O)[C@H]1C. The third-order valence-electron chi connectivity index (χ3n) is 4.23. The molecule has 1 aliphatic carbocycles. The number of aromatic nitrogens is 2. The summed E-state index contributed by atoms with van der Waals surface area (Å²) in [5.41, 5.74) is 0.989. The normalized spacial score (nSPS) is 30.6. The van der Waals surface area contributed by atoms with Crippen LogP contribution in [0.15, 0.2) is 0 Å². The van der Waals surface area contributed by atoms with Crippen LogP contribution in [0.4, 0.5) is 5.82 Å². The summed E-state index contributed by atoms with van der Waals surface area (Å²) in [6, 6.07) is 0.0992. The summed E-state index contributed by atoms with van der Waals surface area (Å²) in [6.07, 6.45) is 1.84. The molecule has 2 N–H and O–H groups in total. The lowest BCUT2D eigenvalue weighted by molar-refractivity contribution is 0.119. The Balaban J connectivity index is 2.18. The van der Waals surface area contributed by atoms with E-state index >= 15 is 0 Å². The molecule has 1 aliphatic rings. The third kappa shape index (κ3) is 3.02. The van der Waals surface area contributed by atoms with Crippen molar-refractivity contribution in [1.82, 2.24) is 9.97 Å². The largest absolute Gasteiger partial charge is 0.391 e. The topological polar surface area (TPSA) is 58.0 Å². The first kappa shape index (κ1) is 15.0. The standard InChI is InChI=1S/C14H22IN3O/c1-5-10-6-11(13(19)7(10)2)18-14-12(15)8(3)16-9(4)17-14/h7,10-11,13,19H,5-6H2,1-4H3,(H,16,17,18)/t7-,10?,11+,13+/m0/s1. The molecular formula is C14H22IN3O. The molecule has 0 saturated heterocycles. The summed E-state index contributed by atoms with van der Waals surface area (Å²) >= 11 is 2.27. The van der Waals surface area contributed by atoms with Crippen molar-refractivity contribution in [2.24, 2.45) is 11.8 Å². The molecule has 4 atom stereocenters. The van der Waals surface area contributed by atoms with Crippen LogP contribution in [0.3, 0.4) is 0 Å². The molecular weight excluding hydrogens is 353 g/mol. The van der Waals surface area contributed by atoms with Crippen molar-refractivity contribution in [1.29, 1.82) is 0 Å². The van der Waals surface area contributed by atoms with Gasteiger partial charge in [-0.3, -0.25) is 0 Å². The van der Waals surface area contributed by atoms with Gasteiger partial charge in [0.2, 0.25) is 0 Å². The number of anilines is 1. The molecule has 19 heavy (non-hydrogen) atoms. The molecule has 1 saturated carbocycles. The van der Waals surface area contributed by atoms with E-state index in [-0.39, 0.29) is 12.1 Å². The number of aryl methyl sites for hydroxylation is 2. The lowest BCUT2D eigenvalue weighted by Gasteiger charge is -2.20. The average Bonchev–Trinajstić information content (AvgIpc) is 2.63. The minimum Gasteiger partial charge on any atom is -0.391 e. The maximum Gasteiger partial charge on any atom is 0.143 e. The van der Waals surface area contributed by atoms with E-state index in [1.54, 1.807) is 0 Å². The van der Waals surface area contributed by atoms with Gasteiger partial charge in [-0.25, -0.2) is 9.97 Å². The fourth-order valence-corrected chi connectivity index (χ4v) is 3.38. The molecule has 0 bridgehead atoms. The Hall–Kier alpha value is -0.430. The second-order valence-corrected chi connectivity index (χ2v) is 6.60. The van der Waals surface area contributed by atoms with Gasteiger partial charge in [-0.05, 0) is 54.7 Å². The zero-order valence-electron chi connectivity index (χ0n) is 11.9. The van der Waals surface area contributed by atoms with Crippen molar-refractivity contribution in [3.63, 3.8) is 0 Å². The summed E-state index contributed by atoms with van der Waals surface area (Å²) < 4.78 is 1.04. The molecule has 1 unspecified atom stereocenters. The smallest absolute Gasteiger partial charge is 0.143 e. The maximum atomic E-state index is 10.3. The highest BCUT2D eigenvalue weighted by atomic mass is 127. The Bertz CT molecular complexity index is 466. The van der Waals surface area contributed by atoms with Crippen LogP contribution in [-0.4, -0.2) is 27.2 Å². The zero-order valence-corrected chi connectivity index (χ0v) is 14.1. The van der Waals surface area contributed by atoms with Crippen molar-refractivity contribution in [3.8, 4) is 0 Å². The average molecular weight is 375 g/mol. The highest BCUT2D eigenvalue weighted by Gasteiger charge is 2.38. The van der Waals surface area contributed by atoms with Crippen LogP contribution >= 0.6 is 22.6 Å². The Kier molecular flexibility index (Phi) is 4.66. The predicted molar refractivity (Wildman–Crippen MR) is 85.2 cm³/mol. The van der Waals surface area contributed by atoms with Gasteiger partial charge < -0.3 is 10.4 Å². The molecule has 1 fully saturated rings. The summed E-state index contributed by atoms with van der Waals surface area (Å²) in [6.45, 7) is 8.22. The van der Waals surface area contributed by atoms with Gasteiger partial charge in [0, 0.05) is 0 Å². The summed E-state index contributed by atoms with van der Waals surface area (Å²) in [5, 5.41) is 13.8. The number of aliphatic hydroxyl groups is 1. The van der Waals surface area contributed by atoms with E-state index < -0.39 is 0 Å². The quantitative estimate of drug-likeness (QED) is 0.798. The minimum atomic E-state index is -0.295. The highest BCUT2D eigenvalue weighted by Crippen LogP contribution is 2.36. The fourth-order valence-electron chi connectivity index (χ4n) is 2.98. The van der Waals surface area contributed by atoms with Crippen LogP contribution in [0.2, 0.25) is 0 Å². The van der Waals surface area contributed by atoms with Crippen molar-refractivity contribution in [2.45, 2.75) is 52.7 Å². The molecule has 0 radical (unpaired) electrons. The second-order valence-electron chi connectivity index (χ2n) is 5.52. The lowest BCUT2D eigenvalue weighted by Crippen LogP contribution is -2.32. The molecule has 0 spiro atoms. The number of hydrogen-bond donors (Lipinski definition) is 2. The fraction of sp³-hybridized carbons (Fsp3) is 0.714.